The highest BCUT2D eigenvalue weighted by Gasteiger charge is 2.17. The van der Waals surface area contributed by atoms with Crippen LogP contribution in [-0.4, -0.2) is 38.9 Å². The number of nitrogens with two attached hydrogens (primary N) is 1. The number of aromatic nitrogens is 3. The van der Waals surface area contributed by atoms with Gasteiger partial charge in [-0.1, -0.05) is 0 Å². The summed E-state index contributed by atoms with van der Waals surface area (Å²) in [5.74, 6) is -0.275. The summed E-state index contributed by atoms with van der Waals surface area (Å²) in [6.07, 6.45) is 3.46. The number of hydrogen-bond acceptors (Lipinski definition) is 5. The van der Waals surface area contributed by atoms with Crippen molar-refractivity contribution < 1.29 is 9.90 Å². The summed E-state index contributed by atoms with van der Waals surface area (Å²) in [6.45, 7) is 1.58. The van der Waals surface area contributed by atoms with Gasteiger partial charge in [-0.3, -0.25) is 4.79 Å². The molecule has 1 saturated heterocycles. The third kappa shape index (κ3) is 2.23. The summed E-state index contributed by atoms with van der Waals surface area (Å²) in [4.78, 5) is 16.7. The van der Waals surface area contributed by atoms with Crippen LogP contribution in [0.1, 0.15) is 19.3 Å². The third-order valence-electron chi connectivity index (χ3n) is 2.61. The van der Waals surface area contributed by atoms with Gasteiger partial charge in [0.1, 0.15) is 6.54 Å². The van der Waals surface area contributed by atoms with Crippen molar-refractivity contribution in [2.75, 3.05) is 23.7 Å². The van der Waals surface area contributed by atoms with Gasteiger partial charge in [-0.15, -0.1) is 5.10 Å². The smallest absolute Gasteiger partial charge is 0.325 e. The largest absolute Gasteiger partial charge is 0.480 e. The first-order valence-corrected chi connectivity index (χ1v) is 5.34. The number of carboxylic acid groups (broad SMARTS) is 1. The zero-order valence-corrected chi connectivity index (χ0v) is 8.96. The van der Waals surface area contributed by atoms with Crippen molar-refractivity contribution in [2.45, 2.75) is 25.8 Å². The molecule has 0 saturated carbocycles. The Morgan fingerprint density at radius 1 is 1.38 bits per heavy atom. The first kappa shape index (κ1) is 10.7. The van der Waals surface area contributed by atoms with Gasteiger partial charge in [-0.25, -0.2) is 4.68 Å². The van der Waals surface area contributed by atoms with E-state index in [9.17, 15) is 4.79 Å². The number of rotatable bonds is 3. The Labute approximate surface area is 92.9 Å². The lowest BCUT2D eigenvalue weighted by Crippen LogP contribution is -2.30. The Morgan fingerprint density at radius 2 is 2.06 bits per heavy atom. The van der Waals surface area contributed by atoms with Gasteiger partial charge in [-0.2, -0.15) is 4.98 Å². The van der Waals surface area contributed by atoms with E-state index >= 15 is 0 Å². The number of piperidine rings is 1. The molecule has 1 fully saturated rings. The van der Waals surface area contributed by atoms with Gasteiger partial charge >= 0.3 is 5.97 Å². The molecule has 0 aliphatic carbocycles. The van der Waals surface area contributed by atoms with Crippen molar-refractivity contribution in [1.82, 2.24) is 14.8 Å². The molecule has 0 bridgehead atoms. The minimum Gasteiger partial charge on any atom is -0.480 e. The van der Waals surface area contributed by atoms with Gasteiger partial charge < -0.3 is 15.7 Å². The van der Waals surface area contributed by atoms with Crippen LogP contribution in [-0.2, 0) is 11.3 Å². The van der Waals surface area contributed by atoms with E-state index in [2.05, 4.69) is 10.1 Å². The van der Waals surface area contributed by atoms with Crippen LogP contribution in [0.25, 0.3) is 0 Å². The molecule has 88 valence electrons. The van der Waals surface area contributed by atoms with E-state index in [0.29, 0.717) is 5.95 Å². The number of nitrogens with zero attached hydrogens (tertiary/aromatic N) is 4. The van der Waals surface area contributed by atoms with Crippen molar-refractivity contribution in [3.05, 3.63) is 0 Å². The van der Waals surface area contributed by atoms with Gasteiger partial charge in [0.05, 0.1) is 0 Å². The molecule has 16 heavy (non-hydrogen) atoms. The van der Waals surface area contributed by atoms with Crippen LogP contribution < -0.4 is 10.6 Å². The summed E-state index contributed by atoms with van der Waals surface area (Å²) < 4.78 is 1.21. The molecule has 3 N–H and O–H groups in total. The van der Waals surface area contributed by atoms with Gasteiger partial charge in [-0.05, 0) is 19.3 Å². The molecule has 0 aromatic carbocycles. The molecule has 0 unspecified atom stereocenters. The SMILES string of the molecule is Nc1nc(N2CCCCC2)nn1CC(=O)O. The highest BCUT2D eigenvalue weighted by atomic mass is 16.4. The minimum absolute atomic E-state index is 0.156. The Kier molecular flexibility index (Phi) is 2.93. The number of hydrogen-bond donors (Lipinski definition) is 2. The summed E-state index contributed by atoms with van der Waals surface area (Å²) in [5.41, 5.74) is 5.60. The highest BCUT2D eigenvalue weighted by molar-refractivity contribution is 5.66. The monoisotopic (exact) mass is 225 g/mol. The lowest BCUT2D eigenvalue weighted by Gasteiger charge is -2.24. The lowest BCUT2D eigenvalue weighted by atomic mass is 10.1. The molecular formula is C9H15N5O2. The van der Waals surface area contributed by atoms with Gasteiger partial charge in [0, 0.05) is 13.1 Å². The standard InChI is InChI=1S/C9H15N5O2/c10-8-11-9(12-14(8)6-7(15)16)13-4-2-1-3-5-13/h1-6H2,(H,15,16)(H2,10,11,12). The predicted octanol–water partition coefficient (Wildman–Crippen LogP) is -0.0648. The van der Waals surface area contributed by atoms with Crippen molar-refractivity contribution in [1.29, 1.82) is 0 Å². The fourth-order valence-corrected chi connectivity index (χ4v) is 1.81. The molecule has 0 spiro atoms. The normalized spacial score (nSPS) is 16.4. The molecule has 0 atom stereocenters. The molecule has 7 nitrogen and oxygen atoms in total. The first-order valence-electron chi connectivity index (χ1n) is 5.34. The summed E-state index contributed by atoms with van der Waals surface area (Å²) >= 11 is 0. The van der Waals surface area contributed by atoms with Gasteiger partial charge in [0.25, 0.3) is 0 Å². The predicted molar refractivity (Wildman–Crippen MR) is 58.1 cm³/mol. The average molecular weight is 225 g/mol. The summed E-state index contributed by atoms with van der Waals surface area (Å²) in [7, 11) is 0. The second kappa shape index (κ2) is 4.38. The number of nitrogen functional groups attached to an aromatic ring is 1. The third-order valence-corrected chi connectivity index (χ3v) is 2.61. The van der Waals surface area contributed by atoms with Crippen LogP contribution in [0.2, 0.25) is 0 Å². The highest BCUT2D eigenvalue weighted by Crippen LogP contribution is 2.16. The number of carbonyl (C=O) groups is 1. The van der Waals surface area contributed by atoms with Crippen molar-refractivity contribution in [3.8, 4) is 0 Å². The molecular weight excluding hydrogens is 210 g/mol. The van der Waals surface area contributed by atoms with Gasteiger partial charge in [0.2, 0.25) is 11.9 Å². The van der Waals surface area contributed by atoms with Crippen LogP contribution in [0.4, 0.5) is 11.9 Å². The summed E-state index contributed by atoms with van der Waals surface area (Å²) in [6, 6.07) is 0. The van der Waals surface area contributed by atoms with Crippen molar-refractivity contribution in [2.24, 2.45) is 0 Å². The van der Waals surface area contributed by atoms with Gasteiger partial charge in [0.15, 0.2) is 0 Å². The van der Waals surface area contributed by atoms with Crippen molar-refractivity contribution in [3.63, 3.8) is 0 Å². The Bertz CT molecular complexity index is 383. The molecule has 1 aliphatic rings. The Hall–Kier alpha value is -1.79. The Morgan fingerprint density at radius 3 is 2.69 bits per heavy atom. The van der Waals surface area contributed by atoms with E-state index in [1.54, 1.807) is 0 Å². The molecule has 2 rings (SSSR count). The van der Waals surface area contributed by atoms with E-state index in [4.69, 9.17) is 10.8 Å². The molecule has 0 amide bonds. The van der Waals surface area contributed by atoms with Crippen LogP contribution in [0.5, 0.6) is 0 Å². The number of aliphatic carboxylic acids is 1. The second-order valence-electron chi connectivity index (χ2n) is 3.87. The lowest BCUT2D eigenvalue weighted by molar-refractivity contribution is -0.137. The Balaban J connectivity index is 2.12. The maximum atomic E-state index is 10.5. The maximum Gasteiger partial charge on any atom is 0.325 e. The molecule has 1 aliphatic heterocycles. The van der Waals surface area contributed by atoms with E-state index in [0.717, 1.165) is 25.9 Å². The molecule has 7 heteroatoms. The van der Waals surface area contributed by atoms with Crippen molar-refractivity contribution >= 4 is 17.9 Å². The van der Waals surface area contributed by atoms with Crippen LogP contribution >= 0.6 is 0 Å². The molecule has 1 aromatic rings. The van der Waals surface area contributed by atoms with E-state index < -0.39 is 5.97 Å². The zero-order chi connectivity index (χ0) is 11.5. The van der Waals surface area contributed by atoms with E-state index in [-0.39, 0.29) is 12.5 Å². The maximum absolute atomic E-state index is 10.5. The molecule has 0 radical (unpaired) electrons. The fraction of sp³-hybridized carbons (Fsp3) is 0.667. The molecule has 1 aromatic heterocycles. The fourth-order valence-electron chi connectivity index (χ4n) is 1.81. The van der Waals surface area contributed by atoms with Crippen LogP contribution in [0.15, 0.2) is 0 Å². The average Bonchev–Trinajstić information content (AvgIpc) is 2.61. The summed E-state index contributed by atoms with van der Waals surface area (Å²) in [5, 5.41) is 12.8. The number of anilines is 2. The topological polar surface area (TPSA) is 97.3 Å². The second-order valence-corrected chi connectivity index (χ2v) is 3.87. The zero-order valence-electron chi connectivity index (χ0n) is 8.96. The van der Waals surface area contributed by atoms with E-state index in [1.165, 1.54) is 11.1 Å². The first-order chi connectivity index (χ1) is 7.66. The number of carboxylic acids is 1. The minimum atomic E-state index is -0.971. The van der Waals surface area contributed by atoms with Crippen LogP contribution in [0.3, 0.4) is 0 Å². The molecule has 2 heterocycles. The van der Waals surface area contributed by atoms with Crippen LogP contribution in [0, 0.1) is 0 Å². The quantitative estimate of drug-likeness (QED) is 0.747. The van der Waals surface area contributed by atoms with E-state index in [1.807, 2.05) is 4.90 Å².